The van der Waals surface area contributed by atoms with Crippen LogP contribution in [0.1, 0.15) is 20.7 Å². The van der Waals surface area contributed by atoms with Crippen molar-refractivity contribution in [3.8, 4) is 0 Å². The Morgan fingerprint density at radius 2 is 0.900 bits per heavy atom. The SMILES string of the molecule is O=C(O)c1ccc(F)cc1.O=C(O)c1ccc(F)cc1. The summed E-state index contributed by atoms with van der Waals surface area (Å²) in [5, 5.41) is 16.7. The van der Waals surface area contributed by atoms with Crippen LogP contribution < -0.4 is 0 Å². The third-order valence-electron chi connectivity index (χ3n) is 2.18. The van der Waals surface area contributed by atoms with Gasteiger partial charge in [-0.05, 0) is 48.5 Å². The van der Waals surface area contributed by atoms with Gasteiger partial charge in [0.1, 0.15) is 11.6 Å². The molecule has 6 heteroatoms. The van der Waals surface area contributed by atoms with Crippen molar-refractivity contribution in [3.05, 3.63) is 71.3 Å². The van der Waals surface area contributed by atoms with Crippen molar-refractivity contribution in [2.45, 2.75) is 0 Å². The van der Waals surface area contributed by atoms with Crippen LogP contribution in [0.3, 0.4) is 0 Å². The van der Waals surface area contributed by atoms with Gasteiger partial charge >= 0.3 is 11.9 Å². The summed E-state index contributed by atoms with van der Waals surface area (Å²) < 4.78 is 24.3. The highest BCUT2D eigenvalue weighted by atomic mass is 19.1. The zero-order chi connectivity index (χ0) is 15.1. The number of rotatable bonds is 2. The second-order valence-electron chi connectivity index (χ2n) is 3.62. The number of halogens is 2. The first-order valence-corrected chi connectivity index (χ1v) is 5.38. The van der Waals surface area contributed by atoms with Gasteiger partial charge in [-0.15, -0.1) is 0 Å². The van der Waals surface area contributed by atoms with Gasteiger partial charge in [-0.1, -0.05) is 0 Å². The van der Waals surface area contributed by atoms with Crippen molar-refractivity contribution in [1.29, 1.82) is 0 Å². The van der Waals surface area contributed by atoms with Crippen LogP contribution in [-0.4, -0.2) is 22.2 Å². The Hall–Kier alpha value is -2.76. The van der Waals surface area contributed by atoms with Gasteiger partial charge in [0.05, 0.1) is 11.1 Å². The molecule has 0 aliphatic heterocycles. The van der Waals surface area contributed by atoms with Crippen molar-refractivity contribution >= 4 is 11.9 Å². The molecular weight excluding hydrogens is 270 g/mol. The average Bonchev–Trinajstić information content (AvgIpc) is 2.40. The molecule has 0 atom stereocenters. The van der Waals surface area contributed by atoms with E-state index in [-0.39, 0.29) is 11.1 Å². The summed E-state index contributed by atoms with van der Waals surface area (Å²) in [7, 11) is 0. The molecule has 0 amide bonds. The van der Waals surface area contributed by atoms with Gasteiger partial charge in [-0.3, -0.25) is 0 Å². The van der Waals surface area contributed by atoms with Crippen molar-refractivity contribution in [2.75, 3.05) is 0 Å². The number of aromatic carboxylic acids is 2. The molecule has 0 aliphatic carbocycles. The fourth-order valence-corrected chi connectivity index (χ4v) is 1.18. The molecule has 20 heavy (non-hydrogen) atoms. The summed E-state index contributed by atoms with van der Waals surface area (Å²) in [6.45, 7) is 0. The van der Waals surface area contributed by atoms with Crippen molar-refractivity contribution in [1.82, 2.24) is 0 Å². The lowest BCUT2D eigenvalue weighted by Gasteiger charge is -1.90. The summed E-state index contributed by atoms with van der Waals surface area (Å²) in [6.07, 6.45) is 0. The summed E-state index contributed by atoms with van der Waals surface area (Å²) >= 11 is 0. The molecule has 0 saturated heterocycles. The molecule has 104 valence electrons. The van der Waals surface area contributed by atoms with Gasteiger partial charge in [0.25, 0.3) is 0 Å². The van der Waals surface area contributed by atoms with Crippen LogP contribution in [0.4, 0.5) is 8.78 Å². The third kappa shape index (κ3) is 4.85. The van der Waals surface area contributed by atoms with Crippen LogP contribution in [0, 0.1) is 11.6 Å². The minimum atomic E-state index is -1.04. The summed E-state index contributed by atoms with van der Waals surface area (Å²) in [5.41, 5.74) is 0.197. The smallest absolute Gasteiger partial charge is 0.335 e. The van der Waals surface area contributed by atoms with E-state index in [9.17, 15) is 18.4 Å². The zero-order valence-electron chi connectivity index (χ0n) is 10.1. The Bertz CT molecular complexity index is 536. The molecule has 0 fully saturated rings. The van der Waals surface area contributed by atoms with Crippen LogP contribution >= 0.6 is 0 Å². The van der Waals surface area contributed by atoms with E-state index in [1.165, 1.54) is 24.3 Å². The van der Waals surface area contributed by atoms with E-state index >= 15 is 0 Å². The monoisotopic (exact) mass is 280 g/mol. The molecule has 0 saturated carbocycles. The van der Waals surface area contributed by atoms with Crippen molar-refractivity contribution in [3.63, 3.8) is 0 Å². The van der Waals surface area contributed by atoms with Crippen LogP contribution in [0.2, 0.25) is 0 Å². The maximum Gasteiger partial charge on any atom is 0.335 e. The lowest BCUT2D eigenvalue weighted by Crippen LogP contribution is -1.94. The molecular formula is C14H10F2O4. The molecule has 2 N–H and O–H groups in total. The van der Waals surface area contributed by atoms with Crippen LogP contribution in [0.5, 0.6) is 0 Å². The maximum absolute atomic E-state index is 12.2. The molecule has 0 aliphatic rings. The molecule has 4 nitrogen and oxygen atoms in total. The highest BCUT2D eigenvalue weighted by Gasteiger charge is 2.00. The summed E-state index contributed by atoms with van der Waals surface area (Å²) in [5.74, 6) is -2.94. The molecule has 0 radical (unpaired) electrons. The molecule has 2 aromatic rings. The number of hydrogen-bond acceptors (Lipinski definition) is 2. The highest BCUT2D eigenvalue weighted by molar-refractivity contribution is 5.87. The number of carboxylic acid groups (broad SMARTS) is 2. The Morgan fingerprint density at radius 1 is 0.650 bits per heavy atom. The molecule has 0 spiro atoms. The Labute approximate surface area is 112 Å². The zero-order valence-corrected chi connectivity index (χ0v) is 10.1. The van der Waals surface area contributed by atoms with Crippen molar-refractivity contribution in [2.24, 2.45) is 0 Å². The largest absolute Gasteiger partial charge is 0.478 e. The Kier molecular flexibility index (Phi) is 5.34. The summed E-state index contributed by atoms with van der Waals surface area (Å²) in [4.78, 5) is 20.4. The molecule has 0 aromatic heterocycles. The summed E-state index contributed by atoms with van der Waals surface area (Å²) in [6, 6.07) is 9.34. The molecule has 0 heterocycles. The number of hydrogen-bond donors (Lipinski definition) is 2. The standard InChI is InChI=1S/2C7H5FO2/c2*8-6-3-1-5(2-4-6)7(9)10/h2*1-4H,(H,9,10). The third-order valence-corrected chi connectivity index (χ3v) is 2.18. The normalized spacial score (nSPS) is 9.30. The van der Waals surface area contributed by atoms with Crippen LogP contribution in [0.25, 0.3) is 0 Å². The van der Waals surface area contributed by atoms with Crippen LogP contribution in [-0.2, 0) is 0 Å². The van der Waals surface area contributed by atoms with Gasteiger partial charge < -0.3 is 10.2 Å². The number of carbonyl (C=O) groups is 2. The van der Waals surface area contributed by atoms with E-state index in [4.69, 9.17) is 10.2 Å². The molecule has 0 bridgehead atoms. The second-order valence-corrected chi connectivity index (χ2v) is 3.62. The number of benzene rings is 2. The average molecular weight is 280 g/mol. The lowest BCUT2D eigenvalue weighted by atomic mass is 10.2. The van der Waals surface area contributed by atoms with E-state index in [1.54, 1.807) is 0 Å². The molecule has 2 rings (SSSR count). The fraction of sp³-hybridized carbons (Fsp3) is 0. The minimum absolute atomic E-state index is 0.0985. The van der Waals surface area contributed by atoms with Crippen molar-refractivity contribution < 1.29 is 28.6 Å². The van der Waals surface area contributed by atoms with E-state index in [2.05, 4.69) is 0 Å². The van der Waals surface area contributed by atoms with Gasteiger partial charge in [0.2, 0.25) is 0 Å². The van der Waals surface area contributed by atoms with E-state index in [0.29, 0.717) is 0 Å². The first kappa shape index (κ1) is 15.3. The topological polar surface area (TPSA) is 74.6 Å². The van der Waals surface area contributed by atoms with Gasteiger partial charge in [-0.25, -0.2) is 18.4 Å². The first-order chi connectivity index (χ1) is 9.40. The van der Waals surface area contributed by atoms with Crippen LogP contribution in [0.15, 0.2) is 48.5 Å². The molecule has 0 unspecified atom stereocenters. The van der Waals surface area contributed by atoms with E-state index < -0.39 is 23.6 Å². The first-order valence-electron chi connectivity index (χ1n) is 5.38. The minimum Gasteiger partial charge on any atom is -0.478 e. The fourth-order valence-electron chi connectivity index (χ4n) is 1.18. The van der Waals surface area contributed by atoms with Gasteiger partial charge in [0, 0.05) is 0 Å². The Morgan fingerprint density at radius 3 is 1.10 bits per heavy atom. The maximum atomic E-state index is 12.2. The van der Waals surface area contributed by atoms with E-state index in [1.807, 2.05) is 0 Å². The van der Waals surface area contributed by atoms with Gasteiger partial charge in [0.15, 0.2) is 0 Å². The van der Waals surface area contributed by atoms with E-state index in [0.717, 1.165) is 24.3 Å². The van der Waals surface area contributed by atoms with Gasteiger partial charge in [-0.2, -0.15) is 0 Å². The molecule has 2 aromatic carbocycles. The highest BCUT2D eigenvalue weighted by Crippen LogP contribution is 2.02. The number of carboxylic acids is 2. The predicted molar refractivity (Wildman–Crippen MR) is 66.7 cm³/mol. The lowest BCUT2D eigenvalue weighted by molar-refractivity contribution is 0.0686. The predicted octanol–water partition coefficient (Wildman–Crippen LogP) is 3.05. The Balaban J connectivity index is 0.000000200. The second kappa shape index (κ2) is 6.98. The quantitative estimate of drug-likeness (QED) is 0.886.